The van der Waals surface area contributed by atoms with Gasteiger partial charge in [0.15, 0.2) is 0 Å². The SMILES string of the molecule is CC(NC(=O)Nc1ccccc1)C(=O)N1CCNC[C@@H]1C.Cl. The fourth-order valence-electron chi connectivity index (χ4n) is 2.36. The quantitative estimate of drug-likeness (QED) is 0.787. The average Bonchev–Trinajstić information content (AvgIpc) is 2.48. The van der Waals surface area contributed by atoms with Crippen molar-refractivity contribution in [2.75, 3.05) is 25.0 Å². The van der Waals surface area contributed by atoms with E-state index in [-0.39, 0.29) is 30.4 Å². The number of rotatable bonds is 3. The Bertz CT molecular complexity index is 498. The number of amides is 3. The van der Waals surface area contributed by atoms with E-state index in [1.165, 1.54) is 0 Å². The molecule has 0 saturated carbocycles. The maximum absolute atomic E-state index is 12.4. The molecule has 1 unspecified atom stereocenters. The first kappa shape index (κ1) is 18.3. The summed E-state index contributed by atoms with van der Waals surface area (Å²) in [5.41, 5.74) is 0.699. The molecule has 2 atom stereocenters. The van der Waals surface area contributed by atoms with Crippen LogP contribution in [0.4, 0.5) is 10.5 Å². The summed E-state index contributed by atoms with van der Waals surface area (Å²) in [5.74, 6) is -0.0489. The number of hydrogen-bond donors (Lipinski definition) is 3. The van der Waals surface area contributed by atoms with Crippen LogP contribution in [0.15, 0.2) is 30.3 Å². The van der Waals surface area contributed by atoms with Crippen molar-refractivity contribution in [3.63, 3.8) is 0 Å². The van der Waals surface area contributed by atoms with Gasteiger partial charge in [-0.15, -0.1) is 12.4 Å². The molecule has 3 N–H and O–H groups in total. The number of piperazine rings is 1. The van der Waals surface area contributed by atoms with Crippen LogP contribution in [-0.2, 0) is 4.79 Å². The fourth-order valence-corrected chi connectivity index (χ4v) is 2.36. The maximum atomic E-state index is 12.4. The van der Waals surface area contributed by atoms with Crippen molar-refractivity contribution in [3.8, 4) is 0 Å². The number of benzene rings is 1. The number of carbonyl (C=O) groups is 2. The van der Waals surface area contributed by atoms with Crippen LogP contribution in [-0.4, -0.2) is 48.6 Å². The first-order chi connectivity index (χ1) is 10.1. The molecule has 1 saturated heterocycles. The van der Waals surface area contributed by atoms with Gasteiger partial charge >= 0.3 is 6.03 Å². The Morgan fingerprint density at radius 3 is 2.64 bits per heavy atom. The van der Waals surface area contributed by atoms with Gasteiger partial charge in [-0.25, -0.2) is 4.79 Å². The van der Waals surface area contributed by atoms with Crippen LogP contribution in [0.3, 0.4) is 0 Å². The minimum atomic E-state index is -0.547. The first-order valence-corrected chi connectivity index (χ1v) is 7.21. The molecule has 3 amide bonds. The van der Waals surface area contributed by atoms with Crippen molar-refractivity contribution in [1.29, 1.82) is 0 Å². The Labute approximate surface area is 137 Å². The Hall–Kier alpha value is -1.79. The molecular weight excluding hydrogens is 304 g/mol. The highest BCUT2D eigenvalue weighted by Gasteiger charge is 2.27. The third-order valence-corrected chi connectivity index (χ3v) is 3.53. The van der Waals surface area contributed by atoms with E-state index >= 15 is 0 Å². The average molecular weight is 327 g/mol. The van der Waals surface area contributed by atoms with Gasteiger partial charge in [-0.05, 0) is 26.0 Å². The van der Waals surface area contributed by atoms with E-state index in [0.717, 1.165) is 13.1 Å². The van der Waals surface area contributed by atoms with E-state index in [4.69, 9.17) is 0 Å². The maximum Gasteiger partial charge on any atom is 0.319 e. The van der Waals surface area contributed by atoms with E-state index in [0.29, 0.717) is 12.2 Å². The monoisotopic (exact) mass is 326 g/mol. The molecule has 1 aliphatic heterocycles. The van der Waals surface area contributed by atoms with Crippen LogP contribution in [0.25, 0.3) is 0 Å². The zero-order chi connectivity index (χ0) is 15.2. The smallest absolute Gasteiger partial charge is 0.319 e. The van der Waals surface area contributed by atoms with Gasteiger partial charge in [0.05, 0.1) is 0 Å². The number of nitrogens with one attached hydrogen (secondary N) is 3. The van der Waals surface area contributed by atoms with Gasteiger partial charge in [-0.3, -0.25) is 4.79 Å². The summed E-state index contributed by atoms with van der Waals surface area (Å²) in [7, 11) is 0. The second kappa shape index (κ2) is 8.60. The summed E-state index contributed by atoms with van der Waals surface area (Å²) in [5, 5.41) is 8.63. The molecule has 0 aliphatic carbocycles. The fraction of sp³-hybridized carbons (Fsp3) is 0.467. The number of nitrogens with zero attached hydrogens (tertiary/aromatic N) is 1. The minimum absolute atomic E-state index is 0. The lowest BCUT2D eigenvalue weighted by molar-refractivity contribution is -0.135. The number of halogens is 1. The highest BCUT2D eigenvalue weighted by molar-refractivity contribution is 5.93. The lowest BCUT2D eigenvalue weighted by Crippen LogP contribution is -2.57. The third kappa shape index (κ3) is 4.89. The van der Waals surface area contributed by atoms with Gasteiger partial charge in [-0.1, -0.05) is 18.2 Å². The molecule has 7 heteroatoms. The summed E-state index contributed by atoms with van der Waals surface area (Å²) in [6, 6.07) is 8.38. The highest BCUT2D eigenvalue weighted by atomic mass is 35.5. The summed E-state index contributed by atoms with van der Waals surface area (Å²) >= 11 is 0. The lowest BCUT2D eigenvalue weighted by atomic mass is 10.2. The molecule has 1 heterocycles. The molecule has 122 valence electrons. The Morgan fingerprint density at radius 1 is 1.32 bits per heavy atom. The van der Waals surface area contributed by atoms with Crippen molar-refractivity contribution in [2.45, 2.75) is 25.9 Å². The van der Waals surface area contributed by atoms with Crippen LogP contribution in [0.5, 0.6) is 0 Å². The molecule has 22 heavy (non-hydrogen) atoms. The zero-order valence-electron chi connectivity index (χ0n) is 12.8. The van der Waals surface area contributed by atoms with Gasteiger partial charge < -0.3 is 20.9 Å². The summed E-state index contributed by atoms with van der Waals surface area (Å²) in [4.78, 5) is 26.0. The standard InChI is InChI=1S/C15H22N4O2.ClH/c1-11-10-16-8-9-19(11)14(20)12(2)17-15(21)18-13-6-4-3-5-7-13;/h3-7,11-12,16H,8-10H2,1-2H3,(H2,17,18,21);1H/t11-,12?;/m0./s1. The van der Waals surface area contributed by atoms with Crippen LogP contribution in [0.1, 0.15) is 13.8 Å². The van der Waals surface area contributed by atoms with Gasteiger partial charge in [0.1, 0.15) is 6.04 Å². The van der Waals surface area contributed by atoms with Crippen molar-refractivity contribution >= 4 is 30.0 Å². The zero-order valence-corrected chi connectivity index (χ0v) is 13.7. The topological polar surface area (TPSA) is 73.5 Å². The summed E-state index contributed by atoms with van der Waals surface area (Å²) < 4.78 is 0. The lowest BCUT2D eigenvalue weighted by Gasteiger charge is -2.35. The second-order valence-corrected chi connectivity index (χ2v) is 5.27. The molecule has 1 aromatic rings. The van der Waals surface area contributed by atoms with Gasteiger partial charge in [0.25, 0.3) is 0 Å². The van der Waals surface area contributed by atoms with E-state index in [9.17, 15) is 9.59 Å². The van der Waals surface area contributed by atoms with Crippen molar-refractivity contribution in [1.82, 2.24) is 15.5 Å². The van der Waals surface area contributed by atoms with Gasteiger partial charge in [-0.2, -0.15) is 0 Å². The van der Waals surface area contributed by atoms with E-state index in [1.807, 2.05) is 30.0 Å². The number of hydrogen-bond acceptors (Lipinski definition) is 3. The van der Waals surface area contributed by atoms with Crippen LogP contribution in [0, 0.1) is 0 Å². The summed E-state index contributed by atoms with van der Waals surface area (Å²) in [6.45, 7) is 5.96. The molecule has 1 aromatic carbocycles. The number of anilines is 1. The molecule has 0 spiro atoms. The van der Waals surface area contributed by atoms with E-state index in [1.54, 1.807) is 19.1 Å². The number of para-hydroxylation sites is 1. The molecule has 1 aliphatic rings. The van der Waals surface area contributed by atoms with Crippen LogP contribution < -0.4 is 16.0 Å². The Kier molecular flexibility index (Phi) is 7.14. The Balaban J connectivity index is 0.00000242. The van der Waals surface area contributed by atoms with E-state index in [2.05, 4.69) is 16.0 Å². The normalized spacial score (nSPS) is 18.8. The van der Waals surface area contributed by atoms with Crippen LogP contribution in [0.2, 0.25) is 0 Å². The number of urea groups is 1. The molecule has 0 bridgehead atoms. The molecule has 0 radical (unpaired) electrons. The van der Waals surface area contributed by atoms with Crippen molar-refractivity contribution in [3.05, 3.63) is 30.3 Å². The third-order valence-electron chi connectivity index (χ3n) is 3.53. The van der Waals surface area contributed by atoms with Gasteiger partial charge in [0, 0.05) is 31.4 Å². The minimum Gasteiger partial charge on any atom is -0.336 e. The van der Waals surface area contributed by atoms with E-state index < -0.39 is 6.04 Å². The second-order valence-electron chi connectivity index (χ2n) is 5.27. The molecular formula is C15H23ClN4O2. The van der Waals surface area contributed by atoms with Crippen molar-refractivity contribution < 1.29 is 9.59 Å². The van der Waals surface area contributed by atoms with Gasteiger partial charge in [0.2, 0.25) is 5.91 Å². The Morgan fingerprint density at radius 2 is 2.00 bits per heavy atom. The molecule has 6 nitrogen and oxygen atoms in total. The predicted octanol–water partition coefficient (Wildman–Crippen LogP) is 1.44. The number of carbonyl (C=O) groups excluding carboxylic acids is 2. The molecule has 0 aromatic heterocycles. The highest BCUT2D eigenvalue weighted by Crippen LogP contribution is 2.07. The van der Waals surface area contributed by atoms with Crippen molar-refractivity contribution in [2.24, 2.45) is 0 Å². The summed E-state index contributed by atoms with van der Waals surface area (Å²) in [6.07, 6.45) is 0. The largest absolute Gasteiger partial charge is 0.336 e. The van der Waals surface area contributed by atoms with Crippen LogP contribution >= 0.6 is 12.4 Å². The predicted molar refractivity (Wildman–Crippen MR) is 89.4 cm³/mol. The molecule has 1 fully saturated rings. The first-order valence-electron chi connectivity index (χ1n) is 7.21. The molecule has 2 rings (SSSR count).